The van der Waals surface area contributed by atoms with Gasteiger partial charge in [-0.25, -0.2) is 17.6 Å². The highest BCUT2D eigenvalue weighted by Crippen LogP contribution is 2.27. The Morgan fingerprint density at radius 1 is 1.38 bits per heavy atom. The third-order valence-electron chi connectivity index (χ3n) is 2.55. The Morgan fingerprint density at radius 2 is 2.10 bits per heavy atom. The predicted octanol–water partition coefficient (Wildman–Crippen LogP) is 2.06. The number of sulfonamides is 1. The number of benzene rings is 1. The highest BCUT2D eigenvalue weighted by Gasteiger charge is 2.22. The fraction of sp³-hybridized carbons (Fsp3) is 0.0833. The molecule has 0 unspecified atom stereocenters. The number of methoxy groups -OCH3 is 1. The zero-order chi connectivity index (χ0) is 15.6. The summed E-state index contributed by atoms with van der Waals surface area (Å²) in [5, 5.41) is 1.53. The van der Waals surface area contributed by atoms with Crippen molar-refractivity contribution in [3.63, 3.8) is 0 Å². The van der Waals surface area contributed by atoms with Gasteiger partial charge in [0.25, 0.3) is 10.0 Å². The van der Waals surface area contributed by atoms with Crippen molar-refractivity contribution in [2.45, 2.75) is 4.90 Å². The summed E-state index contributed by atoms with van der Waals surface area (Å²) in [5.74, 6) is -1.40. The van der Waals surface area contributed by atoms with Gasteiger partial charge in [-0.1, -0.05) is 0 Å². The number of carbonyl (C=O) groups excluding carboxylic acids is 1. The van der Waals surface area contributed by atoms with Gasteiger partial charge in [-0.2, -0.15) is 0 Å². The monoisotopic (exact) mass is 330 g/mol. The molecule has 0 radical (unpaired) electrons. The summed E-state index contributed by atoms with van der Waals surface area (Å²) in [6.45, 7) is 0. The first kappa shape index (κ1) is 15.3. The van der Waals surface area contributed by atoms with Crippen molar-refractivity contribution in [1.29, 1.82) is 0 Å². The van der Waals surface area contributed by atoms with Crippen molar-refractivity contribution in [2.24, 2.45) is 0 Å². The van der Waals surface area contributed by atoms with E-state index in [4.69, 9.17) is 5.73 Å². The van der Waals surface area contributed by atoms with Crippen LogP contribution < -0.4 is 10.5 Å². The van der Waals surface area contributed by atoms with Gasteiger partial charge in [0.05, 0.1) is 18.5 Å². The lowest BCUT2D eigenvalue weighted by Gasteiger charge is -2.10. The molecule has 1 aromatic carbocycles. The first-order valence-corrected chi connectivity index (χ1v) is 7.95. The van der Waals surface area contributed by atoms with Gasteiger partial charge in [-0.15, -0.1) is 11.3 Å². The van der Waals surface area contributed by atoms with Crippen LogP contribution >= 0.6 is 11.3 Å². The molecule has 1 heterocycles. The van der Waals surface area contributed by atoms with Crippen LogP contribution in [-0.2, 0) is 14.8 Å². The van der Waals surface area contributed by atoms with Gasteiger partial charge >= 0.3 is 5.97 Å². The molecule has 0 aliphatic heterocycles. The number of hydrogen-bond acceptors (Lipinski definition) is 6. The van der Waals surface area contributed by atoms with Crippen LogP contribution in [0.5, 0.6) is 0 Å². The predicted molar refractivity (Wildman–Crippen MR) is 77.3 cm³/mol. The zero-order valence-electron chi connectivity index (χ0n) is 10.8. The van der Waals surface area contributed by atoms with E-state index in [1.807, 2.05) is 0 Å². The van der Waals surface area contributed by atoms with Gasteiger partial charge in [0.2, 0.25) is 0 Å². The molecule has 0 bridgehead atoms. The number of nitrogens with two attached hydrogens (primary N) is 1. The Hall–Kier alpha value is -2.13. The molecule has 0 saturated heterocycles. The fourth-order valence-corrected chi connectivity index (χ4v) is 3.63. The number of thiophene rings is 1. The molecule has 0 spiro atoms. The normalized spacial score (nSPS) is 11.1. The second kappa shape index (κ2) is 5.70. The molecule has 9 heteroatoms. The summed E-state index contributed by atoms with van der Waals surface area (Å²) in [5.41, 5.74) is 5.51. The Bertz CT molecular complexity index is 786. The minimum Gasteiger partial charge on any atom is -0.465 e. The number of nitrogens with one attached hydrogen (secondary N) is 1. The smallest absolute Gasteiger partial charge is 0.350 e. The van der Waals surface area contributed by atoms with Crippen molar-refractivity contribution < 1.29 is 22.3 Å². The summed E-state index contributed by atoms with van der Waals surface area (Å²) < 4.78 is 44.4. The molecule has 1 aromatic heterocycles. The van der Waals surface area contributed by atoms with Crippen LogP contribution in [0.15, 0.2) is 34.5 Å². The average Bonchev–Trinajstić information content (AvgIpc) is 2.87. The standard InChI is InChI=1S/C12H11FN2O4S2/c1-19-12(16)11-9(4-5-20-11)15-21(17,18)10-6-7(13)2-3-8(10)14/h2-6,15H,14H2,1H3. The largest absolute Gasteiger partial charge is 0.465 e. The third kappa shape index (κ3) is 3.14. The van der Waals surface area contributed by atoms with Crippen LogP contribution in [0.25, 0.3) is 0 Å². The van der Waals surface area contributed by atoms with Crippen molar-refractivity contribution in [2.75, 3.05) is 17.6 Å². The molecule has 112 valence electrons. The molecule has 3 N–H and O–H groups in total. The van der Waals surface area contributed by atoms with Crippen molar-refractivity contribution in [1.82, 2.24) is 0 Å². The quantitative estimate of drug-likeness (QED) is 0.660. The first-order chi connectivity index (χ1) is 9.85. The maximum atomic E-state index is 13.2. The summed E-state index contributed by atoms with van der Waals surface area (Å²) >= 11 is 1.02. The van der Waals surface area contributed by atoms with Gasteiger partial charge in [0, 0.05) is 0 Å². The van der Waals surface area contributed by atoms with Gasteiger partial charge < -0.3 is 10.5 Å². The van der Waals surface area contributed by atoms with E-state index < -0.39 is 26.7 Å². The van der Waals surface area contributed by atoms with E-state index in [-0.39, 0.29) is 16.3 Å². The molecule has 0 aliphatic carbocycles. The number of nitrogen functional groups attached to an aromatic ring is 1. The summed E-state index contributed by atoms with van der Waals surface area (Å²) in [6, 6.07) is 4.42. The molecule has 2 rings (SSSR count). The van der Waals surface area contributed by atoms with E-state index in [0.717, 1.165) is 29.5 Å². The average molecular weight is 330 g/mol. The highest BCUT2D eigenvalue weighted by atomic mass is 32.2. The fourth-order valence-electron chi connectivity index (χ4n) is 1.58. The van der Waals surface area contributed by atoms with Crippen LogP contribution in [-0.4, -0.2) is 21.5 Å². The number of rotatable bonds is 4. The Morgan fingerprint density at radius 3 is 2.76 bits per heavy atom. The SMILES string of the molecule is COC(=O)c1sccc1NS(=O)(=O)c1cc(F)ccc1N. The van der Waals surface area contributed by atoms with Crippen LogP contribution in [0.3, 0.4) is 0 Å². The zero-order valence-corrected chi connectivity index (χ0v) is 12.4. The van der Waals surface area contributed by atoms with E-state index in [9.17, 15) is 17.6 Å². The molecule has 0 aliphatic rings. The van der Waals surface area contributed by atoms with Gasteiger partial charge in [-0.05, 0) is 29.6 Å². The minimum atomic E-state index is -4.12. The van der Waals surface area contributed by atoms with E-state index in [2.05, 4.69) is 9.46 Å². The van der Waals surface area contributed by atoms with Crippen molar-refractivity contribution >= 4 is 38.7 Å². The molecule has 0 fully saturated rings. The number of carbonyl (C=O) groups is 1. The van der Waals surface area contributed by atoms with E-state index >= 15 is 0 Å². The minimum absolute atomic E-state index is 0.0514. The van der Waals surface area contributed by atoms with Crippen LogP contribution in [0.2, 0.25) is 0 Å². The van der Waals surface area contributed by atoms with E-state index in [1.165, 1.54) is 18.6 Å². The molecule has 2 aromatic rings. The van der Waals surface area contributed by atoms with E-state index in [1.54, 1.807) is 0 Å². The summed E-state index contributed by atoms with van der Waals surface area (Å²) in [4.78, 5) is 11.2. The molecular formula is C12H11FN2O4S2. The van der Waals surface area contributed by atoms with Gasteiger partial charge in [0.1, 0.15) is 15.6 Å². The number of hydrogen-bond donors (Lipinski definition) is 2. The summed E-state index contributed by atoms with van der Waals surface area (Å²) in [7, 11) is -2.93. The number of ether oxygens (including phenoxy) is 1. The van der Waals surface area contributed by atoms with Crippen LogP contribution in [0.4, 0.5) is 15.8 Å². The Labute approximate surface area is 124 Å². The maximum absolute atomic E-state index is 13.2. The summed E-state index contributed by atoms with van der Waals surface area (Å²) in [6.07, 6.45) is 0. The second-order valence-corrected chi connectivity index (χ2v) is 6.51. The topological polar surface area (TPSA) is 98.5 Å². The molecule has 0 amide bonds. The molecule has 0 saturated carbocycles. The molecule has 0 atom stereocenters. The lowest BCUT2D eigenvalue weighted by atomic mass is 10.3. The molecular weight excluding hydrogens is 319 g/mol. The van der Waals surface area contributed by atoms with Crippen LogP contribution in [0, 0.1) is 5.82 Å². The third-order valence-corrected chi connectivity index (χ3v) is 4.86. The van der Waals surface area contributed by atoms with E-state index in [0.29, 0.717) is 0 Å². The molecule has 6 nitrogen and oxygen atoms in total. The van der Waals surface area contributed by atoms with Crippen molar-refractivity contribution in [3.8, 4) is 0 Å². The Kier molecular flexibility index (Phi) is 4.14. The van der Waals surface area contributed by atoms with Gasteiger partial charge in [-0.3, -0.25) is 4.72 Å². The highest BCUT2D eigenvalue weighted by molar-refractivity contribution is 7.93. The maximum Gasteiger partial charge on any atom is 0.350 e. The Balaban J connectivity index is 2.41. The lowest BCUT2D eigenvalue weighted by Crippen LogP contribution is -2.16. The lowest BCUT2D eigenvalue weighted by molar-refractivity contribution is 0.0607. The number of halogens is 1. The van der Waals surface area contributed by atoms with Crippen molar-refractivity contribution in [3.05, 3.63) is 40.3 Å². The van der Waals surface area contributed by atoms with Crippen LogP contribution in [0.1, 0.15) is 9.67 Å². The molecule has 21 heavy (non-hydrogen) atoms. The number of anilines is 2. The first-order valence-electron chi connectivity index (χ1n) is 5.59. The van der Waals surface area contributed by atoms with Gasteiger partial charge in [0.15, 0.2) is 0 Å². The second-order valence-electron chi connectivity index (χ2n) is 3.94. The number of esters is 1.